The number of rotatable bonds is 3. The van der Waals surface area contributed by atoms with Crippen LogP contribution in [0, 0.1) is 24.7 Å². The topological polar surface area (TPSA) is 68.0 Å². The minimum Gasteiger partial charge on any atom is -0.327 e. The standard InChI is InChI=1S/C22H27N3O/c1-14-5-6-16(15-7-9-24-10-8-15)13-20(14)25-22(26)19-11-17-3-2-4-18(12-19)21(17)23/h5-10,13,17-19,21H,2-4,11-12,23H2,1H3,(H,25,26). The number of amides is 1. The predicted octanol–water partition coefficient (Wildman–Crippen LogP) is 4.15. The number of carbonyl (C=O) groups excluding carboxylic acids is 1. The quantitative estimate of drug-likeness (QED) is 0.875. The Morgan fingerprint density at radius 2 is 1.77 bits per heavy atom. The van der Waals surface area contributed by atoms with Gasteiger partial charge in [0.2, 0.25) is 5.91 Å². The first-order valence-electron chi connectivity index (χ1n) is 9.69. The largest absolute Gasteiger partial charge is 0.327 e. The summed E-state index contributed by atoms with van der Waals surface area (Å²) in [4.78, 5) is 17.0. The summed E-state index contributed by atoms with van der Waals surface area (Å²) in [5, 5.41) is 3.20. The molecule has 2 saturated carbocycles. The van der Waals surface area contributed by atoms with Gasteiger partial charge < -0.3 is 11.1 Å². The van der Waals surface area contributed by atoms with Crippen molar-refractivity contribution in [3.05, 3.63) is 48.3 Å². The summed E-state index contributed by atoms with van der Waals surface area (Å²) in [6, 6.07) is 10.5. The number of aryl methyl sites for hydroxylation is 1. The Morgan fingerprint density at radius 1 is 1.08 bits per heavy atom. The van der Waals surface area contributed by atoms with Crippen LogP contribution in [0.2, 0.25) is 0 Å². The number of pyridine rings is 1. The van der Waals surface area contributed by atoms with Crippen molar-refractivity contribution in [2.75, 3.05) is 5.32 Å². The van der Waals surface area contributed by atoms with Gasteiger partial charge in [0, 0.05) is 30.0 Å². The minimum absolute atomic E-state index is 0.0917. The lowest BCUT2D eigenvalue weighted by Gasteiger charge is -2.43. The Morgan fingerprint density at radius 3 is 2.46 bits per heavy atom. The van der Waals surface area contributed by atoms with Crippen molar-refractivity contribution in [3.8, 4) is 11.1 Å². The zero-order valence-corrected chi connectivity index (χ0v) is 15.3. The fraction of sp³-hybridized carbons (Fsp3) is 0.455. The van der Waals surface area contributed by atoms with E-state index in [0.29, 0.717) is 17.9 Å². The van der Waals surface area contributed by atoms with Gasteiger partial charge in [-0.15, -0.1) is 0 Å². The molecule has 136 valence electrons. The van der Waals surface area contributed by atoms with E-state index in [0.717, 1.165) is 35.2 Å². The molecule has 2 unspecified atom stereocenters. The van der Waals surface area contributed by atoms with Crippen molar-refractivity contribution >= 4 is 11.6 Å². The van der Waals surface area contributed by atoms with Crippen molar-refractivity contribution in [2.45, 2.75) is 45.1 Å². The van der Waals surface area contributed by atoms with Crippen LogP contribution in [-0.4, -0.2) is 16.9 Å². The monoisotopic (exact) mass is 349 g/mol. The molecule has 0 aliphatic heterocycles. The van der Waals surface area contributed by atoms with Crippen LogP contribution < -0.4 is 11.1 Å². The second kappa shape index (κ2) is 7.20. The Balaban J connectivity index is 1.51. The van der Waals surface area contributed by atoms with Gasteiger partial charge in [-0.25, -0.2) is 0 Å². The van der Waals surface area contributed by atoms with Gasteiger partial charge in [-0.3, -0.25) is 9.78 Å². The number of hydrogen-bond acceptors (Lipinski definition) is 3. The van der Waals surface area contributed by atoms with Gasteiger partial charge in [-0.1, -0.05) is 18.6 Å². The average Bonchev–Trinajstić information content (AvgIpc) is 2.64. The summed E-state index contributed by atoms with van der Waals surface area (Å²) in [6.07, 6.45) is 9.08. The third kappa shape index (κ3) is 3.38. The first kappa shape index (κ1) is 17.2. The van der Waals surface area contributed by atoms with Gasteiger partial charge in [0.1, 0.15) is 0 Å². The molecule has 4 heteroatoms. The molecule has 1 aromatic heterocycles. The van der Waals surface area contributed by atoms with Gasteiger partial charge in [0.05, 0.1) is 0 Å². The molecule has 1 heterocycles. The third-order valence-electron chi connectivity index (χ3n) is 6.29. The Bertz CT molecular complexity index is 775. The van der Waals surface area contributed by atoms with Crippen LogP contribution in [-0.2, 0) is 4.79 Å². The molecule has 2 aromatic rings. The molecular weight excluding hydrogens is 322 g/mol. The summed E-state index contributed by atoms with van der Waals surface area (Å²) < 4.78 is 0. The lowest BCUT2D eigenvalue weighted by molar-refractivity contribution is -0.122. The normalized spacial score (nSPS) is 27.8. The number of fused-ring (bicyclic) bond motifs is 2. The maximum atomic E-state index is 12.9. The highest BCUT2D eigenvalue weighted by Crippen LogP contribution is 2.42. The van der Waals surface area contributed by atoms with Gasteiger partial charge >= 0.3 is 0 Å². The fourth-order valence-corrected chi connectivity index (χ4v) is 4.72. The van der Waals surface area contributed by atoms with Crippen molar-refractivity contribution in [3.63, 3.8) is 0 Å². The van der Waals surface area contributed by atoms with Crippen LogP contribution in [0.1, 0.15) is 37.7 Å². The zero-order valence-electron chi connectivity index (χ0n) is 15.3. The molecule has 0 spiro atoms. The first-order valence-corrected chi connectivity index (χ1v) is 9.69. The second-order valence-electron chi connectivity index (χ2n) is 7.95. The molecule has 2 aliphatic carbocycles. The summed E-state index contributed by atoms with van der Waals surface area (Å²) in [7, 11) is 0. The molecule has 0 saturated heterocycles. The van der Waals surface area contributed by atoms with E-state index in [-0.39, 0.29) is 11.8 Å². The maximum Gasteiger partial charge on any atom is 0.227 e. The van der Waals surface area contributed by atoms with E-state index in [1.54, 1.807) is 12.4 Å². The minimum atomic E-state index is 0.0917. The average molecular weight is 349 g/mol. The van der Waals surface area contributed by atoms with E-state index in [1.807, 2.05) is 19.1 Å². The van der Waals surface area contributed by atoms with Gasteiger partial charge in [-0.05, 0) is 79.3 Å². The highest BCUT2D eigenvalue weighted by molar-refractivity contribution is 5.94. The number of aromatic nitrogens is 1. The Labute approximate surface area is 155 Å². The molecule has 0 radical (unpaired) electrons. The summed E-state index contributed by atoms with van der Waals surface area (Å²) >= 11 is 0. The molecule has 2 bridgehead atoms. The van der Waals surface area contributed by atoms with E-state index in [2.05, 4.69) is 28.5 Å². The third-order valence-corrected chi connectivity index (χ3v) is 6.29. The molecule has 1 aromatic carbocycles. The number of hydrogen-bond donors (Lipinski definition) is 2. The zero-order chi connectivity index (χ0) is 18.1. The molecule has 2 atom stereocenters. The fourth-order valence-electron chi connectivity index (χ4n) is 4.72. The molecule has 2 fully saturated rings. The van der Waals surface area contributed by atoms with E-state index in [4.69, 9.17) is 5.73 Å². The van der Waals surface area contributed by atoms with Gasteiger partial charge in [0.15, 0.2) is 0 Å². The van der Waals surface area contributed by atoms with Crippen molar-refractivity contribution in [2.24, 2.45) is 23.5 Å². The molecular formula is C22H27N3O. The number of anilines is 1. The maximum absolute atomic E-state index is 12.9. The van der Waals surface area contributed by atoms with Gasteiger partial charge in [-0.2, -0.15) is 0 Å². The van der Waals surface area contributed by atoms with Crippen LogP contribution in [0.3, 0.4) is 0 Å². The van der Waals surface area contributed by atoms with Crippen LogP contribution in [0.5, 0.6) is 0 Å². The van der Waals surface area contributed by atoms with Crippen LogP contribution in [0.25, 0.3) is 11.1 Å². The number of nitrogens with zero attached hydrogens (tertiary/aromatic N) is 1. The van der Waals surface area contributed by atoms with Crippen molar-refractivity contribution in [1.29, 1.82) is 0 Å². The number of nitrogens with two attached hydrogens (primary N) is 1. The highest BCUT2D eigenvalue weighted by atomic mass is 16.1. The van der Waals surface area contributed by atoms with Crippen LogP contribution in [0.4, 0.5) is 5.69 Å². The molecule has 4 rings (SSSR count). The number of benzene rings is 1. The van der Waals surface area contributed by atoms with E-state index in [1.165, 1.54) is 19.3 Å². The SMILES string of the molecule is Cc1ccc(-c2ccncc2)cc1NC(=O)C1CC2CCCC(C1)C2N. The summed E-state index contributed by atoms with van der Waals surface area (Å²) in [5.41, 5.74) is 10.6. The lowest BCUT2D eigenvalue weighted by atomic mass is 9.65. The Kier molecular flexibility index (Phi) is 4.77. The number of carbonyl (C=O) groups is 1. The lowest BCUT2D eigenvalue weighted by Crippen LogP contribution is -2.48. The summed E-state index contributed by atoms with van der Waals surface area (Å²) in [5.74, 6) is 1.28. The molecule has 2 aliphatic rings. The highest BCUT2D eigenvalue weighted by Gasteiger charge is 2.40. The van der Waals surface area contributed by atoms with Crippen LogP contribution >= 0.6 is 0 Å². The van der Waals surface area contributed by atoms with E-state index < -0.39 is 0 Å². The predicted molar refractivity (Wildman–Crippen MR) is 105 cm³/mol. The van der Waals surface area contributed by atoms with Gasteiger partial charge in [0.25, 0.3) is 0 Å². The number of nitrogens with one attached hydrogen (secondary N) is 1. The van der Waals surface area contributed by atoms with Crippen LogP contribution in [0.15, 0.2) is 42.7 Å². The summed E-state index contributed by atoms with van der Waals surface area (Å²) in [6.45, 7) is 2.04. The first-order chi connectivity index (χ1) is 12.6. The van der Waals surface area contributed by atoms with Crippen molar-refractivity contribution in [1.82, 2.24) is 4.98 Å². The molecule has 1 amide bonds. The molecule has 3 N–H and O–H groups in total. The molecule has 26 heavy (non-hydrogen) atoms. The smallest absolute Gasteiger partial charge is 0.227 e. The van der Waals surface area contributed by atoms with E-state index in [9.17, 15) is 4.79 Å². The Hall–Kier alpha value is -2.20. The van der Waals surface area contributed by atoms with Crippen molar-refractivity contribution < 1.29 is 4.79 Å². The second-order valence-corrected chi connectivity index (χ2v) is 7.95. The molecule has 4 nitrogen and oxygen atoms in total. The van der Waals surface area contributed by atoms with E-state index >= 15 is 0 Å².